The zero-order valence-corrected chi connectivity index (χ0v) is 18.2. The summed E-state index contributed by atoms with van der Waals surface area (Å²) in [7, 11) is 3.23. The number of aromatic nitrogens is 1. The Morgan fingerprint density at radius 3 is 2.53 bits per heavy atom. The minimum absolute atomic E-state index is 0.546. The highest BCUT2D eigenvalue weighted by Crippen LogP contribution is 2.29. The Kier molecular flexibility index (Phi) is 6.17. The molecule has 0 aliphatic carbocycles. The van der Waals surface area contributed by atoms with Gasteiger partial charge in [0.2, 0.25) is 5.88 Å². The van der Waals surface area contributed by atoms with E-state index in [4.69, 9.17) is 13.9 Å². The summed E-state index contributed by atoms with van der Waals surface area (Å²) in [6, 6.07) is 10.0. The van der Waals surface area contributed by atoms with Gasteiger partial charge in [0.25, 0.3) is 0 Å². The standard InChI is InChI=1S/C23H26N4O3/c1-14-9-19(16(3)27(14)23-20(11-24)15(2)17(4)30-23)13-26-25-12-18-7-8-21(28-5)22(10-18)29-6/h7-10,13,25H,12H2,1-6H3/b26-13-. The van der Waals surface area contributed by atoms with Crippen LogP contribution in [0.3, 0.4) is 0 Å². The second-order valence-electron chi connectivity index (χ2n) is 7.02. The van der Waals surface area contributed by atoms with E-state index < -0.39 is 0 Å². The van der Waals surface area contributed by atoms with Crippen molar-refractivity contribution in [2.75, 3.05) is 14.2 Å². The minimum atomic E-state index is 0.546. The van der Waals surface area contributed by atoms with Gasteiger partial charge in [-0.1, -0.05) is 6.07 Å². The lowest BCUT2D eigenvalue weighted by molar-refractivity contribution is 0.354. The summed E-state index contributed by atoms with van der Waals surface area (Å²) >= 11 is 0. The fourth-order valence-electron chi connectivity index (χ4n) is 3.37. The van der Waals surface area contributed by atoms with Gasteiger partial charge in [0.1, 0.15) is 17.4 Å². The minimum Gasteiger partial charge on any atom is -0.493 e. The molecule has 0 aliphatic heterocycles. The Bertz CT molecular complexity index is 1130. The molecule has 0 saturated carbocycles. The van der Waals surface area contributed by atoms with Gasteiger partial charge >= 0.3 is 0 Å². The van der Waals surface area contributed by atoms with Crippen LogP contribution < -0.4 is 14.9 Å². The molecule has 0 unspecified atom stereocenters. The van der Waals surface area contributed by atoms with Gasteiger partial charge in [0.15, 0.2) is 11.5 Å². The second-order valence-corrected chi connectivity index (χ2v) is 7.02. The molecular weight excluding hydrogens is 380 g/mol. The summed E-state index contributed by atoms with van der Waals surface area (Å²) in [6.07, 6.45) is 1.77. The molecular formula is C23H26N4O3. The molecule has 1 N–H and O–H groups in total. The van der Waals surface area contributed by atoms with E-state index in [1.807, 2.05) is 56.5 Å². The zero-order chi connectivity index (χ0) is 21.8. The number of nitrogens with zero attached hydrogens (tertiary/aromatic N) is 3. The summed E-state index contributed by atoms with van der Waals surface area (Å²) < 4.78 is 18.4. The molecule has 156 valence electrons. The van der Waals surface area contributed by atoms with Gasteiger partial charge in [-0.15, -0.1) is 0 Å². The molecule has 3 aromatic rings. The number of furan rings is 1. The van der Waals surface area contributed by atoms with E-state index in [1.165, 1.54) is 0 Å². The molecule has 0 radical (unpaired) electrons. The second kappa shape index (κ2) is 8.78. The van der Waals surface area contributed by atoms with Gasteiger partial charge in [-0.25, -0.2) is 0 Å². The summed E-state index contributed by atoms with van der Waals surface area (Å²) in [5, 5.41) is 13.9. The fraction of sp³-hybridized carbons (Fsp3) is 0.304. The van der Waals surface area contributed by atoms with Crippen LogP contribution in [0.4, 0.5) is 0 Å². The maximum atomic E-state index is 9.54. The highest BCUT2D eigenvalue weighted by atomic mass is 16.5. The summed E-state index contributed by atoms with van der Waals surface area (Å²) in [5.74, 6) is 2.68. The lowest BCUT2D eigenvalue weighted by Gasteiger charge is -2.09. The van der Waals surface area contributed by atoms with Crippen LogP contribution in [0.2, 0.25) is 0 Å². The zero-order valence-electron chi connectivity index (χ0n) is 18.2. The molecule has 0 aliphatic rings. The normalized spacial score (nSPS) is 11.0. The first-order valence-corrected chi connectivity index (χ1v) is 9.57. The van der Waals surface area contributed by atoms with Crippen molar-refractivity contribution < 1.29 is 13.9 Å². The monoisotopic (exact) mass is 406 g/mol. The molecule has 2 aromatic heterocycles. The number of methoxy groups -OCH3 is 2. The van der Waals surface area contributed by atoms with Gasteiger partial charge in [-0.3, -0.25) is 4.57 Å². The van der Waals surface area contributed by atoms with Gasteiger partial charge in [-0.2, -0.15) is 10.4 Å². The maximum Gasteiger partial charge on any atom is 0.222 e. The molecule has 7 nitrogen and oxygen atoms in total. The Morgan fingerprint density at radius 2 is 1.87 bits per heavy atom. The van der Waals surface area contributed by atoms with Crippen molar-refractivity contribution in [2.24, 2.45) is 5.10 Å². The lowest BCUT2D eigenvalue weighted by atomic mass is 10.2. The molecule has 0 saturated heterocycles. The number of ether oxygens (including phenoxy) is 2. The van der Waals surface area contributed by atoms with Crippen LogP contribution in [0.1, 0.15) is 39.4 Å². The molecule has 0 spiro atoms. The Morgan fingerprint density at radius 1 is 1.13 bits per heavy atom. The molecule has 0 fully saturated rings. The third-order valence-electron chi connectivity index (χ3n) is 5.18. The molecule has 0 bridgehead atoms. The first-order chi connectivity index (χ1) is 14.4. The highest BCUT2D eigenvalue weighted by Gasteiger charge is 2.20. The van der Waals surface area contributed by atoms with Gasteiger partial charge in [0, 0.05) is 22.5 Å². The van der Waals surface area contributed by atoms with Crippen LogP contribution in [0.5, 0.6) is 11.5 Å². The van der Waals surface area contributed by atoms with E-state index in [9.17, 15) is 5.26 Å². The van der Waals surface area contributed by atoms with Crippen LogP contribution >= 0.6 is 0 Å². The van der Waals surface area contributed by atoms with Crippen molar-refractivity contribution >= 4 is 6.21 Å². The van der Waals surface area contributed by atoms with Crippen molar-refractivity contribution in [3.8, 4) is 23.5 Å². The van der Waals surface area contributed by atoms with E-state index in [0.717, 1.165) is 33.8 Å². The number of rotatable bonds is 7. The Balaban J connectivity index is 1.78. The highest BCUT2D eigenvalue weighted by molar-refractivity contribution is 5.82. The first-order valence-electron chi connectivity index (χ1n) is 9.57. The predicted molar refractivity (Wildman–Crippen MR) is 116 cm³/mol. The molecule has 30 heavy (non-hydrogen) atoms. The number of nitrogens with one attached hydrogen (secondary N) is 1. The molecule has 0 atom stereocenters. The summed E-state index contributed by atoms with van der Waals surface area (Å²) in [4.78, 5) is 0. The quantitative estimate of drug-likeness (QED) is 0.467. The van der Waals surface area contributed by atoms with Crippen LogP contribution in [-0.2, 0) is 6.54 Å². The largest absolute Gasteiger partial charge is 0.493 e. The SMILES string of the molecule is COc1ccc(CN/N=C\c2cc(C)n(-c3oc(C)c(C)c3C#N)c2C)cc1OC. The van der Waals surface area contributed by atoms with Crippen molar-refractivity contribution in [2.45, 2.75) is 34.2 Å². The van der Waals surface area contributed by atoms with Crippen molar-refractivity contribution in [1.82, 2.24) is 9.99 Å². The van der Waals surface area contributed by atoms with Crippen LogP contribution in [0.25, 0.3) is 5.88 Å². The summed E-state index contributed by atoms with van der Waals surface area (Å²) in [6.45, 7) is 8.28. The van der Waals surface area contributed by atoms with Crippen LogP contribution in [-0.4, -0.2) is 25.0 Å². The first kappa shape index (κ1) is 21.1. The average Bonchev–Trinajstić information content (AvgIpc) is 3.18. The number of nitriles is 1. The van der Waals surface area contributed by atoms with E-state index in [2.05, 4.69) is 16.6 Å². The van der Waals surface area contributed by atoms with E-state index in [1.54, 1.807) is 20.4 Å². The molecule has 0 amide bonds. The molecule has 3 rings (SSSR count). The fourth-order valence-corrected chi connectivity index (χ4v) is 3.37. The number of hydrazone groups is 1. The predicted octanol–water partition coefficient (Wildman–Crippen LogP) is 4.32. The number of hydrogen-bond donors (Lipinski definition) is 1. The third kappa shape index (κ3) is 3.90. The van der Waals surface area contributed by atoms with Crippen molar-refractivity contribution in [3.63, 3.8) is 0 Å². The number of aryl methyl sites for hydroxylation is 2. The van der Waals surface area contributed by atoms with Gasteiger partial charge in [0.05, 0.1) is 27.0 Å². The van der Waals surface area contributed by atoms with E-state index >= 15 is 0 Å². The third-order valence-corrected chi connectivity index (χ3v) is 5.18. The number of benzene rings is 1. The Hall–Kier alpha value is -3.66. The smallest absolute Gasteiger partial charge is 0.222 e. The van der Waals surface area contributed by atoms with Gasteiger partial charge < -0.3 is 19.3 Å². The average molecular weight is 406 g/mol. The van der Waals surface area contributed by atoms with E-state index in [0.29, 0.717) is 29.5 Å². The van der Waals surface area contributed by atoms with Crippen molar-refractivity contribution in [1.29, 1.82) is 5.26 Å². The van der Waals surface area contributed by atoms with Crippen LogP contribution in [0.15, 0.2) is 33.8 Å². The number of hydrogen-bond acceptors (Lipinski definition) is 6. The topological polar surface area (TPSA) is 84.7 Å². The molecule has 7 heteroatoms. The summed E-state index contributed by atoms with van der Waals surface area (Å²) in [5.41, 5.74) is 8.38. The van der Waals surface area contributed by atoms with Crippen LogP contribution in [0, 0.1) is 39.0 Å². The van der Waals surface area contributed by atoms with Gasteiger partial charge in [-0.05, 0) is 51.5 Å². The lowest BCUT2D eigenvalue weighted by Crippen LogP contribution is -2.06. The van der Waals surface area contributed by atoms with E-state index in [-0.39, 0.29) is 0 Å². The maximum absolute atomic E-state index is 9.54. The molecule has 1 aromatic carbocycles. The molecule has 2 heterocycles. The van der Waals surface area contributed by atoms with Crippen molar-refractivity contribution in [3.05, 3.63) is 63.7 Å². The Labute approximate surface area is 176 Å².